The first-order chi connectivity index (χ1) is 13.5. The Balaban J connectivity index is 1.85. The zero-order valence-corrected chi connectivity index (χ0v) is 15.8. The summed E-state index contributed by atoms with van der Waals surface area (Å²) >= 11 is 0. The summed E-state index contributed by atoms with van der Waals surface area (Å²) in [6, 6.07) is 9.20. The summed E-state index contributed by atoms with van der Waals surface area (Å²) in [6.45, 7) is 0.567. The van der Waals surface area contributed by atoms with Crippen molar-refractivity contribution in [2.24, 2.45) is 0 Å². The molecule has 150 valence electrons. The van der Waals surface area contributed by atoms with E-state index in [0.29, 0.717) is 24.3 Å². The lowest BCUT2D eigenvalue weighted by atomic mass is 10.1. The van der Waals surface area contributed by atoms with E-state index in [2.05, 4.69) is 10.1 Å². The maximum Gasteiger partial charge on any atom is 0.340 e. The van der Waals surface area contributed by atoms with Crippen LogP contribution in [0, 0.1) is 5.82 Å². The largest absolute Gasteiger partial charge is 0.493 e. The molecule has 0 bridgehead atoms. The van der Waals surface area contributed by atoms with E-state index < -0.39 is 11.8 Å². The third kappa shape index (κ3) is 5.35. The molecule has 0 spiro atoms. The van der Waals surface area contributed by atoms with Crippen molar-refractivity contribution < 1.29 is 28.2 Å². The van der Waals surface area contributed by atoms with Gasteiger partial charge in [-0.05, 0) is 30.2 Å². The minimum atomic E-state index is -0.578. The van der Waals surface area contributed by atoms with Gasteiger partial charge in [0.1, 0.15) is 5.82 Å². The number of nitrogens with one attached hydrogen (secondary N) is 1. The SMILES string of the molecule is COC(=O)c1ccc(OC)c(OCCCNC(=O)Cc2ccccc2F)c1N. The average molecular weight is 390 g/mol. The summed E-state index contributed by atoms with van der Waals surface area (Å²) < 4.78 is 29.1. The van der Waals surface area contributed by atoms with Crippen LogP contribution in [0.4, 0.5) is 10.1 Å². The maximum atomic E-state index is 13.5. The lowest BCUT2D eigenvalue weighted by molar-refractivity contribution is -0.120. The molecular formula is C20H23FN2O5. The van der Waals surface area contributed by atoms with Crippen LogP contribution >= 0.6 is 0 Å². The highest BCUT2D eigenvalue weighted by Gasteiger charge is 2.18. The van der Waals surface area contributed by atoms with Crippen LogP contribution in [0.25, 0.3) is 0 Å². The van der Waals surface area contributed by atoms with E-state index in [1.807, 2.05) is 0 Å². The van der Waals surface area contributed by atoms with Crippen LogP contribution in [-0.2, 0) is 16.0 Å². The van der Waals surface area contributed by atoms with Crippen molar-refractivity contribution in [2.45, 2.75) is 12.8 Å². The van der Waals surface area contributed by atoms with Gasteiger partial charge >= 0.3 is 5.97 Å². The van der Waals surface area contributed by atoms with Gasteiger partial charge in [-0.1, -0.05) is 18.2 Å². The Bertz CT molecular complexity index is 841. The molecule has 0 aliphatic rings. The highest BCUT2D eigenvalue weighted by molar-refractivity contribution is 5.97. The maximum absolute atomic E-state index is 13.5. The molecule has 0 atom stereocenters. The van der Waals surface area contributed by atoms with E-state index in [9.17, 15) is 14.0 Å². The number of nitrogens with two attached hydrogens (primary N) is 1. The molecule has 2 rings (SSSR count). The fraction of sp³-hybridized carbons (Fsp3) is 0.300. The van der Waals surface area contributed by atoms with Gasteiger partial charge in [0.15, 0.2) is 11.5 Å². The molecule has 0 saturated heterocycles. The lowest BCUT2D eigenvalue weighted by Gasteiger charge is -2.15. The molecule has 2 aromatic rings. The topological polar surface area (TPSA) is 99.9 Å². The van der Waals surface area contributed by atoms with E-state index in [-0.39, 0.29) is 35.9 Å². The number of carbonyl (C=O) groups excluding carboxylic acids is 2. The van der Waals surface area contributed by atoms with E-state index in [4.69, 9.17) is 15.2 Å². The van der Waals surface area contributed by atoms with Gasteiger partial charge in [0.25, 0.3) is 0 Å². The van der Waals surface area contributed by atoms with Gasteiger partial charge < -0.3 is 25.3 Å². The standard InChI is InChI=1S/C20H23FN2O5/c1-26-16-9-8-14(20(25)27-2)18(22)19(16)28-11-5-10-23-17(24)12-13-6-3-4-7-15(13)21/h3-4,6-9H,5,10-12,22H2,1-2H3,(H,23,24). The van der Waals surface area contributed by atoms with Crippen LogP contribution in [-0.4, -0.2) is 39.2 Å². The molecule has 0 radical (unpaired) electrons. The van der Waals surface area contributed by atoms with Crippen molar-refractivity contribution in [2.75, 3.05) is 33.1 Å². The van der Waals surface area contributed by atoms with Gasteiger partial charge in [-0.15, -0.1) is 0 Å². The van der Waals surface area contributed by atoms with Gasteiger partial charge in [-0.3, -0.25) is 4.79 Å². The highest BCUT2D eigenvalue weighted by atomic mass is 19.1. The van der Waals surface area contributed by atoms with Gasteiger partial charge in [-0.2, -0.15) is 0 Å². The molecular weight excluding hydrogens is 367 g/mol. The molecule has 28 heavy (non-hydrogen) atoms. The monoisotopic (exact) mass is 390 g/mol. The fourth-order valence-electron chi connectivity index (χ4n) is 2.53. The molecule has 2 aromatic carbocycles. The molecule has 0 aliphatic heterocycles. The molecule has 0 aliphatic carbocycles. The first-order valence-electron chi connectivity index (χ1n) is 8.65. The predicted octanol–water partition coefficient (Wildman–Crippen LogP) is 2.33. The summed E-state index contributed by atoms with van der Waals surface area (Å²) in [5.41, 5.74) is 6.63. The number of esters is 1. The summed E-state index contributed by atoms with van der Waals surface area (Å²) in [4.78, 5) is 23.6. The Labute approximate surface area is 162 Å². The molecule has 0 aromatic heterocycles. The molecule has 0 fully saturated rings. The second-order valence-corrected chi connectivity index (χ2v) is 5.87. The predicted molar refractivity (Wildman–Crippen MR) is 102 cm³/mol. The van der Waals surface area contributed by atoms with E-state index in [1.165, 1.54) is 26.4 Å². The number of hydrogen-bond donors (Lipinski definition) is 2. The first-order valence-corrected chi connectivity index (χ1v) is 8.65. The Morgan fingerprint density at radius 3 is 2.57 bits per heavy atom. The molecule has 0 unspecified atom stereocenters. The van der Waals surface area contributed by atoms with Crippen molar-refractivity contribution in [1.29, 1.82) is 0 Å². The Kier molecular flexibility index (Phi) is 7.62. The van der Waals surface area contributed by atoms with Gasteiger partial charge in [0.2, 0.25) is 5.91 Å². The number of anilines is 1. The number of ether oxygens (including phenoxy) is 3. The molecule has 0 heterocycles. The molecule has 3 N–H and O–H groups in total. The van der Waals surface area contributed by atoms with E-state index >= 15 is 0 Å². The zero-order valence-electron chi connectivity index (χ0n) is 15.8. The van der Waals surface area contributed by atoms with E-state index in [1.54, 1.807) is 24.3 Å². The first kappa shape index (κ1) is 21.0. The number of amides is 1. The number of benzene rings is 2. The number of halogens is 1. The number of nitrogen functional groups attached to an aromatic ring is 1. The Morgan fingerprint density at radius 2 is 1.89 bits per heavy atom. The van der Waals surface area contributed by atoms with Gasteiger partial charge in [-0.25, -0.2) is 9.18 Å². The van der Waals surface area contributed by atoms with Crippen molar-refractivity contribution in [3.05, 3.63) is 53.3 Å². The second-order valence-electron chi connectivity index (χ2n) is 5.87. The normalized spacial score (nSPS) is 10.2. The zero-order chi connectivity index (χ0) is 20.5. The second kappa shape index (κ2) is 10.1. The number of hydrogen-bond acceptors (Lipinski definition) is 6. The van der Waals surface area contributed by atoms with Crippen LogP contribution in [0.5, 0.6) is 11.5 Å². The van der Waals surface area contributed by atoms with Gasteiger partial charge in [0.05, 0.1) is 38.5 Å². The average Bonchev–Trinajstić information content (AvgIpc) is 2.69. The lowest BCUT2D eigenvalue weighted by Crippen LogP contribution is -2.27. The van der Waals surface area contributed by atoms with Crippen molar-refractivity contribution in [3.8, 4) is 11.5 Å². The molecule has 8 heteroatoms. The minimum Gasteiger partial charge on any atom is -0.493 e. The van der Waals surface area contributed by atoms with Crippen LogP contribution in [0.3, 0.4) is 0 Å². The summed E-state index contributed by atoms with van der Waals surface area (Å²) in [6.07, 6.45) is 0.448. The van der Waals surface area contributed by atoms with Crippen LogP contribution in [0.2, 0.25) is 0 Å². The fourth-order valence-corrected chi connectivity index (χ4v) is 2.53. The smallest absolute Gasteiger partial charge is 0.340 e. The minimum absolute atomic E-state index is 0.0323. The number of methoxy groups -OCH3 is 2. The summed E-state index contributed by atoms with van der Waals surface area (Å²) in [7, 11) is 2.72. The third-order valence-corrected chi connectivity index (χ3v) is 3.98. The summed E-state index contributed by atoms with van der Waals surface area (Å²) in [5.74, 6) is -0.647. The van der Waals surface area contributed by atoms with Crippen molar-refractivity contribution in [1.82, 2.24) is 5.32 Å². The Morgan fingerprint density at radius 1 is 1.14 bits per heavy atom. The van der Waals surface area contributed by atoms with E-state index in [0.717, 1.165) is 0 Å². The van der Waals surface area contributed by atoms with Crippen molar-refractivity contribution in [3.63, 3.8) is 0 Å². The van der Waals surface area contributed by atoms with Gasteiger partial charge in [0, 0.05) is 6.54 Å². The Hall–Kier alpha value is -3.29. The molecule has 0 saturated carbocycles. The van der Waals surface area contributed by atoms with Crippen LogP contribution in [0.1, 0.15) is 22.3 Å². The quantitative estimate of drug-likeness (QED) is 0.387. The number of rotatable bonds is 9. The van der Waals surface area contributed by atoms with Crippen LogP contribution in [0.15, 0.2) is 36.4 Å². The molecule has 1 amide bonds. The summed E-state index contributed by atoms with van der Waals surface area (Å²) in [5, 5.41) is 2.70. The number of carbonyl (C=O) groups is 2. The van der Waals surface area contributed by atoms with Crippen molar-refractivity contribution >= 4 is 17.6 Å². The van der Waals surface area contributed by atoms with Crippen LogP contribution < -0.4 is 20.5 Å². The third-order valence-electron chi connectivity index (χ3n) is 3.98. The highest BCUT2D eigenvalue weighted by Crippen LogP contribution is 2.36. The molecule has 7 nitrogen and oxygen atoms in total.